The molecule has 6 rings (SSSR count). The third-order valence-corrected chi connectivity index (χ3v) is 8.22. The molecule has 10 heteroatoms. The molecule has 3 heterocycles. The molecule has 1 aliphatic rings. The Hall–Kier alpha value is -4.40. The number of aromatic nitrogens is 3. The number of carbonyl (C=O) groups is 2. The lowest BCUT2D eigenvalue weighted by molar-refractivity contribution is -0.117. The van der Waals surface area contributed by atoms with Crippen LogP contribution in [0.3, 0.4) is 0 Å². The van der Waals surface area contributed by atoms with Gasteiger partial charge in [-0.05, 0) is 54.4 Å². The van der Waals surface area contributed by atoms with Gasteiger partial charge in [-0.1, -0.05) is 53.5 Å². The fourth-order valence-corrected chi connectivity index (χ4v) is 5.69. The number of methoxy groups -OCH3 is 1. The molecule has 5 aromatic rings. The van der Waals surface area contributed by atoms with Crippen LogP contribution >= 0.6 is 23.2 Å². The quantitative estimate of drug-likeness (QED) is 0.251. The van der Waals surface area contributed by atoms with E-state index in [1.807, 2.05) is 30.3 Å². The van der Waals surface area contributed by atoms with Crippen LogP contribution in [0.25, 0.3) is 11.3 Å². The summed E-state index contributed by atoms with van der Waals surface area (Å²) >= 11 is 12.2. The molecule has 0 fully saturated rings. The maximum absolute atomic E-state index is 14.1. The van der Waals surface area contributed by atoms with Gasteiger partial charge in [-0.25, -0.2) is 4.52 Å². The van der Waals surface area contributed by atoms with Crippen LogP contribution in [0.5, 0.6) is 5.75 Å². The lowest BCUT2D eigenvalue weighted by atomic mass is 10.0. The number of ether oxygens (including phenoxy) is 1. The number of benzene rings is 3. The molecule has 0 saturated carbocycles. The van der Waals surface area contributed by atoms with E-state index in [0.717, 1.165) is 5.56 Å². The van der Waals surface area contributed by atoms with Crippen LogP contribution in [0.4, 0.5) is 0 Å². The highest BCUT2D eigenvalue weighted by atomic mass is 35.5. The highest BCUT2D eigenvalue weighted by Gasteiger charge is 2.29. The molecule has 8 nitrogen and oxygen atoms in total. The van der Waals surface area contributed by atoms with Gasteiger partial charge in [0.05, 0.1) is 41.3 Å². The summed E-state index contributed by atoms with van der Waals surface area (Å²) in [4.78, 5) is 42.4. The van der Waals surface area contributed by atoms with Crippen LogP contribution in [-0.2, 0) is 30.6 Å². The van der Waals surface area contributed by atoms with E-state index in [-0.39, 0.29) is 36.6 Å². The largest absolute Gasteiger partial charge is 0.497 e. The van der Waals surface area contributed by atoms with Crippen LogP contribution in [0, 0.1) is 0 Å². The van der Waals surface area contributed by atoms with Crippen LogP contribution in [0.1, 0.15) is 32.7 Å². The molecular formula is C32H26Cl2N4O4. The van der Waals surface area contributed by atoms with Gasteiger partial charge >= 0.3 is 0 Å². The fraction of sp³-hybridized carbons (Fsp3) is 0.188. The van der Waals surface area contributed by atoms with Gasteiger partial charge in [0, 0.05) is 36.1 Å². The van der Waals surface area contributed by atoms with Crippen LogP contribution < -0.4 is 10.3 Å². The van der Waals surface area contributed by atoms with Crippen molar-refractivity contribution < 1.29 is 14.3 Å². The number of hydrogen-bond donors (Lipinski definition) is 0. The van der Waals surface area contributed by atoms with Crippen molar-refractivity contribution in [2.45, 2.75) is 25.8 Å². The molecule has 0 aliphatic carbocycles. The zero-order valence-electron chi connectivity index (χ0n) is 22.7. The Morgan fingerprint density at radius 1 is 0.952 bits per heavy atom. The molecule has 1 aliphatic heterocycles. The zero-order valence-corrected chi connectivity index (χ0v) is 24.2. The molecule has 0 atom stereocenters. The first-order valence-corrected chi connectivity index (χ1v) is 14.2. The van der Waals surface area contributed by atoms with Crippen LogP contribution in [-0.4, -0.2) is 44.4 Å². The van der Waals surface area contributed by atoms with Crippen molar-refractivity contribution in [2.75, 3.05) is 13.7 Å². The third kappa shape index (κ3) is 5.19. The van der Waals surface area contributed by atoms with E-state index in [0.29, 0.717) is 62.5 Å². The molecule has 0 N–H and O–H groups in total. The third-order valence-electron chi connectivity index (χ3n) is 7.48. The van der Waals surface area contributed by atoms with E-state index in [1.165, 1.54) is 0 Å². The predicted molar refractivity (Wildman–Crippen MR) is 161 cm³/mol. The predicted octanol–water partition coefficient (Wildman–Crippen LogP) is 5.35. The number of hydrogen-bond acceptors (Lipinski definition) is 5. The highest BCUT2D eigenvalue weighted by Crippen LogP contribution is 2.27. The summed E-state index contributed by atoms with van der Waals surface area (Å²) in [5.41, 5.74) is 4.04. The minimum atomic E-state index is -0.225. The summed E-state index contributed by atoms with van der Waals surface area (Å²) in [6.45, 7) is 0.516. The van der Waals surface area contributed by atoms with Crippen molar-refractivity contribution in [3.05, 3.63) is 127 Å². The van der Waals surface area contributed by atoms with Crippen molar-refractivity contribution in [1.29, 1.82) is 0 Å². The van der Waals surface area contributed by atoms with Crippen molar-refractivity contribution in [3.63, 3.8) is 0 Å². The van der Waals surface area contributed by atoms with Crippen molar-refractivity contribution in [2.24, 2.45) is 0 Å². The van der Waals surface area contributed by atoms with Crippen molar-refractivity contribution in [3.8, 4) is 11.4 Å². The number of rotatable bonds is 7. The molecule has 42 heavy (non-hydrogen) atoms. The first kappa shape index (κ1) is 27.8. The molecule has 0 saturated heterocycles. The molecule has 0 unspecified atom stereocenters. The standard InChI is InChI=1S/C32H26Cl2N4O4/c1-42-25-10-8-23(9-11-25)37-30-22(16-24(39)15-20-5-3-2-4-6-20)18-35-38(30)29-19-36(14-13-26(29)32(37)41)31(40)21-7-12-27(33)28(34)17-21/h2-12,17-18H,13-16,19H2,1H3. The molecule has 0 radical (unpaired) electrons. The number of halogens is 2. The average Bonchev–Trinajstić information content (AvgIpc) is 3.41. The van der Waals surface area contributed by atoms with Gasteiger partial charge in [-0.15, -0.1) is 0 Å². The highest BCUT2D eigenvalue weighted by molar-refractivity contribution is 6.42. The molecule has 2 aromatic heterocycles. The van der Waals surface area contributed by atoms with E-state index in [4.69, 9.17) is 27.9 Å². The second kappa shape index (κ2) is 11.5. The first-order valence-electron chi connectivity index (χ1n) is 13.4. The van der Waals surface area contributed by atoms with Crippen molar-refractivity contribution >= 4 is 40.5 Å². The SMILES string of the molecule is COc1ccc(-n2c(=O)c3c(n4ncc(CC(=O)Cc5ccccc5)c24)CN(C(=O)c2ccc(Cl)c(Cl)c2)CC3)cc1. The van der Waals surface area contributed by atoms with Gasteiger partial charge in [0.15, 0.2) is 0 Å². The fourth-order valence-electron chi connectivity index (χ4n) is 5.39. The molecule has 1 amide bonds. The minimum Gasteiger partial charge on any atom is -0.497 e. The Balaban J connectivity index is 1.44. The maximum atomic E-state index is 14.1. The van der Waals surface area contributed by atoms with Crippen LogP contribution in [0.15, 0.2) is 83.8 Å². The van der Waals surface area contributed by atoms with Crippen molar-refractivity contribution in [1.82, 2.24) is 19.1 Å². The lowest BCUT2D eigenvalue weighted by Crippen LogP contribution is -2.41. The molecule has 3 aromatic carbocycles. The summed E-state index contributed by atoms with van der Waals surface area (Å²) in [7, 11) is 1.58. The van der Waals surface area contributed by atoms with E-state index in [1.54, 1.807) is 69.8 Å². The van der Waals surface area contributed by atoms with Gasteiger partial charge in [-0.3, -0.25) is 19.0 Å². The summed E-state index contributed by atoms with van der Waals surface area (Å²) in [5, 5.41) is 5.31. The average molecular weight is 601 g/mol. The summed E-state index contributed by atoms with van der Waals surface area (Å²) < 4.78 is 8.61. The number of Topliss-reactive ketones (excluding diaryl/α,β-unsaturated/α-hetero) is 1. The van der Waals surface area contributed by atoms with Crippen LogP contribution in [0.2, 0.25) is 10.0 Å². The molecule has 0 bridgehead atoms. The second-order valence-electron chi connectivity index (χ2n) is 10.2. The van der Waals surface area contributed by atoms with Gasteiger partial charge < -0.3 is 9.64 Å². The Labute approximate surface area is 251 Å². The number of carbonyl (C=O) groups excluding carboxylic acids is 2. The Bertz CT molecular complexity index is 1880. The number of nitrogens with zero attached hydrogens (tertiary/aromatic N) is 4. The minimum absolute atomic E-state index is 0.000952. The zero-order chi connectivity index (χ0) is 29.4. The van der Waals surface area contributed by atoms with Gasteiger partial charge in [0.2, 0.25) is 0 Å². The van der Waals surface area contributed by atoms with Gasteiger partial charge in [0.1, 0.15) is 17.2 Å². The second-order valence-corrected chi connectivity index (χ2v) is 11.0. The molecule has 0 spiro atoms. The van der Waals surface area contributed by atoms with E-state index < -0.39 is 0 Å². The number of fused-ring (bicyclic) bond motifs is 3. The smallest absolute Gasteiger partial charge is 0.261 e. The Kier molecular flexibility index (Phi) is 7.58. The topological polar surface area (TPSA) is 85.9 Å². The lowest BCUT2D eigenvalue weighted by Gasteiger charge is -2.29. The normalized spacial score (nSPS) is 12.8. The van der Waals surface area contributed by atoms with Gasteiger partial charge in [0.25, 0.3) is 11.5 Å². The van der Waals surface area contributed by atoms with E-state index >= 15 is 0 Å². The van der Waals surface area contributed by atoms with Gasteiger partial charge in [-0.2, -0.15) is 5.10 Å². The first-order chi connectivity index (χ1) is 20.3. The summed E-state index contributed by atoms with van der Waals surface area (Å²) in [5.74, 6) is 0.431. The monoisotopic (exact) mass is 600 g/mol. The van der Waals surface area contributed by atoms with E-state index in [2.05, 4.69) is 5.10 Å². The summed E-state index contributed by atoms with van der Waals surface area (Å²) in [6.07, 6.45) is 2.34. The Morgan fingerprint density at radius 2 is 1.71 bits per heavy atom. The number of amides is 1. The number of ketones is 1. The summed E-state index contributed by atoms with van der Waals surface area (Å²) in [6, 6.07) is 21.5. The molecular weight excluding hydrogens is 575 g/mol. The maximum Gasteiger partial charge on any atom is 0.261 e. The molecule has 212 valence electrons. The van der Waals surface area contributed by atoms with E-state index in [9.17, 15) is 14.4 Å². The Morgan fingerprint density at radius 3 is 2.43 bits per heavy atom.